The summed E-state index contributed by atoms with van der Waals surface area (Å²) in [5, 5.41) is 0. The molecule has 0 saturated carbocycles. The molecule has 0 aromatic heterocycles. The molecule has 1 heterocycles. The molecular weight excluding hydrogens is 318 g/mol. The molecule has 9 nitrogen and oxygen atoms in total. The van der Waals surface area contributed by atoms with Gasteiger partial charge < -0.3 is 25.0 Å². The third-order valence-electron chi connectivity index (χ3n) is 3.41. The van der Waals surface area contributed by atoms with Crippen LogP contribution in [0.15, 0.2) is 0 Å². The lowest BCUT2D eigenvalue weighted by atomic mass is 10.1. The molecule has 1 aliphatic rings. The summed E-state index contributed by atoms with van der Waals surface area (Å²) in [6, 6.07) is -1.03. The molecule has 136 valence electrons. The zero-order valence-corrected chi connectivity index (χ0v) is 14.5. The number of amides is 2. The van der Waals surface area contributed by atoms with Gasteiger partial charge >= 0.3 is 11.9 Å². The van der Waals surface area contributed by atoms with Crippen molar-refractivity contribution in [1.29, 1.82) is 0 Å². The Hall–Kier alpha value is -2.16. The average molecular weight is 343 g/mol. The summed E-state index contributed by atoms with van der Waals surface area (Å²) in [5.41, 5.74) is 4.67. The zero-order chi connectivity index (χ0) is 18.5. The van der Waals surface area contributed by atoms with Gasteiger partial charge in [0.25, 0.3) is 0 Å². The molecule has 1 rings (SSSR count). The van der Waals surface area contributed by atoms with Crippen molar-refractivity contribution < 1.29 is 28.7 Å². The van der Waals surface area contributed by atoms with E-state index in [0.717, 1.165) is 0 Å². The monoisotopic (exact) mass is 343 g/mol. The fourth-order valence-corrected chi connectivity index (χ4v) is 2.37. The standard InChI is InChI=1S/C15H25N3O6/c1-15(2,3)24-12(20)7-10-14(22)17(9-13(21)23-4)5-6-18(10)11(19)8-16/h10H,5-9,16H2,1-4H3. The molecule has 24 heavy (non-hydrogen) atoms. The SMILES string of the molecule is COC(=O)CN1CCN(C(=O)CN)C(CC(=O)OC(C)(C)C)C1=O. The molecule has 0 aromatic rings. The molecule has 0 radical (unpaired) electrons. The maximum atomic E-state index is 12.6. The van der Waals surface area contributed by atoms with Gasteiger partial charge in [0, 0.05) is 13.1 Å². The third kappa shape index (κ3) is 5.48. The van der Waals surface area contributed by atoms with Crippen LogP contribution < -0.4 is 5.73 Å². The third-order valence-corrected chi connectivity index (χ3v) is 3.41. The first kappa shape index (κ1) is 19.9. The Morgan fingerprint density at radius 3 is 2.33 bits per heavy atom. The second-order valence-electron chi connectivity index (χ2n) is 6.43. The summed E-state index contributed by atoms with van der Waals surface area (Å²) in [6.45, 7) is 4.98. The normalized spacial score (nSPS) is 18.4. The Balaban J connectivity index is 2.91. The molecule has 1 fully saturated rings. The van der Waals surface area contributed by atoms with Crippen molar-refractivity contribution in [3.8, 4) is 0 Å². The largest absolute Gasteiger partial charge is 0.468 e. The number of carbonyl (C=O) groups is 4. The number of nitrogens with zero attached hydrogens (tertiary/aromatic N) is 2. The van der Waals surface area contributed by atoms with Crippen molar-refractivity contribution in [2.45, 2.75) is 38.8 Å². The lowest BCUT2D eigenvalue weighted by Crippen LogP contribution is -2.61. The fourth-order valence-electron chi connectivity index (χ4n) is 2.37. The molecule has 0 aromatic carbocycles. The molecule has 2 amide bonds. The fraction of sp³-hybridized carbons (Fsp3) is 0.733. The number of rotatable bonds is 5. The van der Waals surface area contributed by atoms with Crippen molar-refractivity contribution in [3.63, 3.8) is 0 Å². The minimum Gasteiger partial charge on any atom is -0.468 e. The van der Waals surface area contributed by atoms with Crippen molar-refractivity contribution in [3.05, 3.63) is 0 Å². The van der Waals surface area contributed by atoms with E-state index in [2.05, 4.69) is 4.74 Å². The summed E-state index contributed by atoms with van der Waals surface area (Å²) in [7, 11) is 1.22. The van der Waals surface area contributed by atoms with Crippen LogP contribution in [-0.4, -0.2) is 78.5 Å². The smallest absolute Gasteiger partial charge is 0.325 e. The van der Waals surface area contributed by atoms with E-state index in [9.17, 15) is 19.2 Å². The highest BCUT2D eigenvalue weighted by Gasteiger charge is 2.39. The Kier molecular flexibility index (Phi) is 6.70. The molecule has 0 aliphatic carbocycles. The quantitative estimate of drug-likeness (QED) is 0.629. The van der Waals surface area contributed by atoms with E-state index in [1.807, 2.05) is 0 Å². The van der Waals surface area contributed by atoms with Crippen LogP contribution >= 0.6 is 0 Å². The summed E-state index contributed by atoms with van der Waals surface area (Å²) < 4.78 is 9.77. The molecule has 9 heteroatoms. The van der Waals surface area contributed by atoms with E-state index in [-0.39, 0.29) is 32.6 Å². The predicted molar refractivity (Wildman–Crippen MR) is 83.6 cm³/mol. The van der Waals surface area contributed by atoms with Crippen LogP contribution in [0.4, 0.5) is 0 Å². The molecular formula is C15H25N3O6. The van der Waals surface area contributed by atoms with Crippen molar-refractivity contribution in [2.75, 3.05) is 33.3 Å². The van der Waals surface area contributed by atoms with Gasteiger partial charge in [-0.1, -0.05) is 0 Å². The van der Waals surface area contributed by atoms with Gasteiger partial charge in [-0.05, 0) is 20.8 Å². The van der Waals surface area contributed by atoms with Gasteiger partial charge in [0.1, 0.15) is 18.2 Å². The van der Waals surface area contributed by atoms with Crippen LogP contribution in [0.25, 0.3) is 0 Å². The first-order chi connectivity index (χ1) is 11.1. The summed E-state index contributed by atoms with van der Waals surface area (Å²) in [4.78, 5) is 50.5. The maximum absolute atomic E-state index is 12.6. The number of nitrogens with two attached hydrogens (primary N) is 1. The minimum absolute atomic E-state index is 0.171. The summed E-state index contributed by atoms with van der Waals surface area (Å²) in [6.07, 6.45) is -0.292. The number of esters is 2. The van der Waals surface area contributed by atoms with Gasteiger partial charge in [0.2, 0.25) is 11.8 Å². The number of hydrogen-bond acceptors (Lipinski definition) is 7. The first-order valence-corrected chi connectivity index (χ1v) is 7.66. The topological polar surface area (TPSA) is 119 Å². The molecule has 1 aliphatic heterocycles. The second-order valence-corrected chi connectivity index (χ2v) is 6.43. The van der Waals surface area contributed by atoms with E-state index in [4.69, 9.17) is 10.5 Å². The molecule has 0 bridgehead atoms. The van der Waals surface area contributed by atoms with Crippen molar-refractivity contribution in [1.82, 2.24) is 9.80 Å². The van der Waals surface area contributed by atoms with Gasteiger partial charge in [0.15, 0.2) is 0 Å². The molecule has 0 spiro atoms. The summed E-state index contributed by atoms with van der Waals surface area (Å²) in [5.74, 6) is -2.11. The van der Waals surface area contributed by atoms with E-state index in [1.54, 1.807) is 20.8 Å². The lowest BCUT2D eigenvalue weighted by Gasteiger charge is -2.40. The number of methoxy groups -OCH3 is 1. The van der Waals surface area contributed by atoms with E-state index in [1.165, 1.54) is 16.9 Å². The second kappa shape index (κ2) is 8.09. The van der Waals surface area contributed by atoms with Crippen LogP contribution in [0.5, 0.6) is 0 Å². The van der Waals surface area contributed by atoms with Crippen LogP contribution in [0.2, 0.25) is 0 Å². The van der Waals surface area contributed by atoms with Gasteiger partial charge in [-0.15, -0.1) is 0 Å². The first-order valence-electron chi connectivity index (χ1n) is 7.66. The minimum atomic E-state index is -1.03. The molecule has 1 unspecified atom stereocenters. The van der Waals surface area contributed by atoms with Crippen LogP contribution in [-0.2, 0) is 28.7 Å². The van der Waals surface area contributed by atoms with E-state index >= 15 is 0 Å². The Morgan fingerprint density at radius 1 is 1.21 bits per heavy atom. The van der Waals surface area contributed by atoms with E-state index < -0.39 is 35.4 Å². The van der Waals surface area contributed by atoms with Crippen molar-refractivity contribution in [2.24, 2.45) is 5.73 Å². The van der Waals surface area contributed by atoms with E-state index in [0.29, 0.717) is 0 Å². The Morgan fingerprint density at radius 2 is 1.83 bits per heavy atom. The highest BCUT2D eigenvalue weighted by Crippen LogP contribution is 2.18. The Bertz CT molecular complexity index is 514. The number of carbonyl (C=O) groups excluding carboxylic acids is 4. The maximum Gasteiger partial charge on any atom is 0.325 e. The van der Waals surface area contributed by atoms with Gasteiger partial charge in [-0.3, -0.25) is 19.2 Å². The van der Waals surface area contributed by atoms with Crippen LogP contribution in [0.1, 0.15) is 27.2 Å². The zero-order valence-electron chi connectivity index (χ0n) is 14.5. The predicted octanol–water partition coefficient (Wildman–Crippen LogP) is -1.11. The lowest BCUT2D eigenvalue weighted by molar-refractivity contribution is -0.163. The highest BCUT2D eigenvalue weighted by molar-refractivity contribution is 5.93. The van der Waals surface area contributed by atoms with Crippen molar-refractivity contribution >= 4 is 23.8 Å². The van der Waals surface area contributed by atoms with Gasteiger partial charge in [0.05, 0.1) is 20.1 Å². The molecule has 2 N–H and O–H groups in total. The Labute approximate surface area is 141 Å². The van der Waals surface area contributed by atoms with Crippen LogP contribution in [0.3, 0.4) is 0 Å². The highest BCUT2D eigenvalue weighted by atomic mass is 16.6. The molecule has 1 atom stereocenters. The van der Waals surface area contributed by atoms with Gasteiger partial charge in [-0.2, -0.15) is 0 Å². The van der Waals surface area contributed by atoms with Gasteiger partial charge in [-0.25, -0.2) is 0 Å². The summed E-state index contributed by atoms with van der Waals surface area (Å²) >= 11 is 0. The van der Waals surface area contributed by atoms with Crippen LogP contribution in [0, 0.1) is 0 Å². The number of ether oxygens (including phenoxy) is 2. The number of hydrogen-bond donors (Lipinski definition) is 1. The molecule has 1 saturated heterocycles. The number of piperazine rings is 1. The average Bonchev–Trinajstić information content (AvgIpc) is 2.48.